The zero-order valence-corrected chi connectivity index (χ0v) is 17.0. The molecule has 1 aliphatic rings. The van der Waals surface area contributed by atoms with Crippen LogP contribution in [0.1, 0.15) is 38.2 Å². The fourth-order valence-corrected chi connectivity index (χ4v) is 3.44. The molecule has 0 spiro atoms. The van der Waals surface area contributed by atoms with Crippen molar-refractivity contribution >= 4 is 23.5 Å². The normalized spacial score (nSPS) is 16.3. The van der Waals surface area contributed by atoms with Crippen LogP contribution in [0.2, 0.25) is 5.02 Å². The van der Waals surface area contributed by atoms with Gasteiger partial charge in [-0.05, 0) is 63.9 Å². The second-order valence-corrected chi connectivity index (χ2v) is 7.35. The van der Waals surface area contributed by atoms with Gasteiger partial charge in [0.05, 0.1) is 6.54 Å². The number of carbonyl (C=O) groups is 1. The number of aliphatic imine (C=N–C) groups is 1. The number of rotatable bonds is 9. The fourth-order valence-electron chi connectivity index (χ4n) is 3.24. The van der Waals surface area contributed by atoms with Gasteiger partial charge >= 0.3 is 0 Å². The van der Waals surface area contributed by atoms with Gasteiger partial charge in [0.1, 0.15) is 0 Å². The predicted octanol–water partition coefficient (Wildman–Crippen LogP) is 2.37. The molecular weight excluding hydrogens is 362 g/mol. The highest BCUT2D eigenvalue weighted by Crippen LogP contribution is 2.17. The van der Waals surface area contributed by atoms with Crippen LogP contribution in [0.15, 0.2) is 29.3 Å². The molecule has 0 aromatic heterocycles. The molecule has 1 aromatic carbocycles. The third kappa shape index (κ3) is 7.77. The van der Waals surface area contributed by atoms with E-state index in [0.717, 1.165) is 75.0 Å². The summed E-state index contributed by atoms with van der Waals surface area (Å²) in [5.41, 5.74) is 6.41. The highest BCUT2D eigenvalue weighted by atomic mass is 35.5. The molecule has 0 atom stereocenters. The number of piperidine rings is 1. The SMILES string of the molecule is CCNC(=NCc1ccccc1Cl)NCCCCN1CCC(C(N)=O)CC1. The van der Waals surface area contributed by atoms with E-state index in [0.29, 0.717) is 6.54 Å². The summed E-state index contributed by atoms with van der Waals surface area (Å²) in [6.07, 6.45) is 3.99. The van der Waals surface area contributed by atoms with Gasteiger partial charge in [0.15, 0.2) is 5.96 Å². The summed E-state index contributed by atoms with van der Waals surface area (Å²) >= 11 is 6.19. The molecule has 150 valence electrons. The first kappa shape index (κ1) is 21.5. The van der Waals surface area contributed by atoms with E-state index >= 15 is 0 Å². The average molecular weight is 394 g/mol. The Morgan fingerprint density at radius 2 is 2.00 bits per heavy atom. The van der Waals surface area contributed by atoms with Crippen molar-refractivity contribution < 1.29 is 4.79 Å². The zero-order valence-electron chi connectivity index (χ0n) is 16.2. The van der Waals surface area contributed by atoms with Crippen molar-refractivity contribution in [1.82, 2.24) is 15.5 Å². The maximum Gasteiger partial charge on any atom is 0.220 e. The molecule has 1 heterocycles. The third-order valence-electron chi connectivity index (χ3n) is 4.89. The number of primary amides is 1. The summed E-state index contributed by atoms with van der Waals surface area (Å²) in [6, 6.07) is 7.79. The van der Waals surface area contributed by atoms with Crippen LogP contribution in [0, 0.1) is 5.92 Å². The molecule has 1 amide bonds. The first-order valence-electron chi connectivity index (χ1n) is 9.87. The Kier molecular flexibility index (Phi) is 9.42. The number of nitrogens with zero attached hydrogens (tertiary/aromatic N) is 2. The Balaban J connectivity index is 1.65. The number of nitrogens with two attached hydrogens (primary N) is 1. The van der Waals surface area contributed by atoms with Gasteiger partial charge in [-0.3, -0.25) is 4.79 Å². The molecule has 1 saturated heterocycles. The minimum Gasteiger partial charge on any atom is -0.369 e. The number of guanidine groups is 1. The Morgan fingerprint density at radius 3 is 2.67 bits per heavy atom. The molecule has 0 aliphatic carbocycles. The second-order valence-electron chi connectivity index (χ2n) is 6.94. The summed E-state index contributed by atoms with van der Waals surface area (Å²) in [5.74, 6) is 0.741. The number of hydrogen-bond donors (Lipinski definition) is 3. The lowest BCUT2D eigenvalue weighted by atomic mass is 9.96. The van der Waals surface area contributed by atoms with Gasteiger partial charge in [-0.1, -0.05) is 29.8 Å². The number of benzene rings is 1. The topological polar surface area (TPSA) is 82.8 Å². The molecule has 1 aliphatic heterocycles. The number of hydrogen-bond acceptors (Lipinski definition) is 3. The van der Waals surface area contributed by atoms with Crippen molar-refractivity contribution in [3.05, 3.63) is 34.9 Å². The van der Waals surface area contributed by atoms with Crippen molar-refractivity contribution in [1.29, 1.82) is 0 Å². The van der Waals surface area contributed by atoms with Crippen LogP contribution in [-0.2, 0) is 11.3 Å². The average Bonchev–Trinajstić information content (AvgIpc) is 2.67. The second kappa shape index (κ2) is 11.8. The predicted molar refractivity (Wildman–Crippen MR) is 112 cm³/mol. The van der Waals surface area contributed by atoms with Crippen LogP contribution in [0.5, 0.6) is 0 Å². The number of unbranched alkanes of at least 4 members (excludes halogenated alkanes) is 1. The summed E-state index contributed by atoms with van der Waals surface area (Å²) in [4.78, 5) is 18.3. The number of carbonyl (C=O) groups excluding carboxylic acids is 1. The van der Waals surface area contributed by atoms with Crippen molar-refractivity contribution in [3.63, 3.8) is 0 Å². The van der Waals surface area contributed by atoms with Gasteiger partial charge in [-0.2, -0.15) is 0 Å². The van der Waals surface area contributed by atoms with Crippen LogP contribution in [-0.4, -0.2) is 49.5 Å². The molecule has 4 N–H and O–H groups in total. The summed E-state index contributed by atoms with van der Waals surface area (Å²) in [7, 11) is 0. The molecule has 0 radical (unpaired) electrons. The molecule has 7 heteroatoms. The van der Waals surface area contributed by atoms with Crippen LogP contribution >= 0.6 is 11.6 Å². The van der Waals surface area contributed by atoms with Crippen LogP contribution in [0.3, 0.4) is 0 Å². The van der Waals surface area contributed by atoms with E-state index in [1.165, 1.54) is 0 Å². The third-order valence-corrected chi connectivity index (χ3v) is 5.26. The van der Waals surface area contributed by atoms with Gasteiger partial charge in [-0.15, -0.1) is 0 Å². The van der Waals surface area contributed by atoms with Crippen molar-refractivity contribution in [2.45, 2.75) is 39.2 Å². The first-order valence-corrected chi connectivity index (χ1v) is 10.2. The van der Waals surface area contributed by atoms with E-state index in [9.17, 15) is 4.79 Å². The molecule has 2 rings (SSSR count). The van der Waals surface area contributed by atoms with E-state index in [2.05, 4.69) is 27.4 Å². The Labute approximate surface area is 167 Å². The highest BCUT2D eigenvalue weighted by molar-refractivity contribution is 6.31. The fraction of sp³-hybridized carbons (Fsp3) is 0.600. The van der Waals surface area contributed by atoms with Crippen LogP contribution in [0.25, 0.3) is 0 Å². The number of amides is 1. The van der Waals surface area contributed by atoms with Crippen LogP contribution in [0.4, 0.5) is 0 Å². The maximum atomic E-state index is 11.2. The van der Waals surface area contributed by atoms with E-state index in [1.54, 1.807) is 0 Å². The minimum atomic E-state index is -0.147. The standard InChI is InChI=1S/C20H32ClN5O/c1-2-23-20(25-15-17-7-3-4-8-18(17)21)24-11-5-6-12-26-13-9-16(10-14-26)19(22)27/h3-4,7-8,16H,2,5-6,9-15H2,1H3,(H2,22,27)(H2,23,24,25). The quantitative estimate of drug-likeness (QED) is 0.341. The molecule has 0 unspecified atom stereocenters. The molecular formula is C20H32ClN5O. The van der Waals surface area contributed by atoms with Gasteiger partial charge in [-0.25, -0.2) is 4.99 Å². The first-order chi connectivity index (χ1) is 13.1. The van der Waals surface area contributed by atoms with E-state index in [1.807, 2.05) is 24.3 Å². The number of likely N-dealkylation sites (tertiary alicyclic amines) is 1. The lowest BCUT2D eigenvalue weighted by molar-refractivity contribution is -0.123. The maximum absolute atomic E-state index is 11.2. The summed E-state index contributed by atoms with van der Waals surface area (Å²) < 4.78 is 0. The Bertz CT molecular complexity index is 614. The lowest BCUT2D eigenvalue weighted by Crippen LogP contribution is -2.39. The molecule has 0 saturated carbocycles. The monoisotopic (exact) mass is 393 g/mol. The summed E-state index contributed by atoms with van der Waals surface area (Å²) in [6.45, 7) is 7.34. The Hall–Kier alpha value is -1.79. The molecule has 27 heavy (non-hydrogen) atoms. The van der Waals surface area contributed by atoms with Crippen molar-refractivity contribution in [2.24, 2.45) is 16.6 Å². The highest BCUT2D eigenvalue weighted by Gasteiger charge is 2.22. The smallest absolute Gasteiger partial charge is 0.220 e. The van der Waals surface area contributed by atoms with E-state index in [4.69, 9.17) is 17.3 Å². The van der Waals surface area contributed by atoms with E-state index in [-0.39, 0.29) is 11.8 Å². The number of halogens is 1. The lowest BCUT2D eigenvalue weighted by Gasteiger charge is -2.30. The molecule has 0 bridgehead atoms. The molecule has 1 fully saturated rings. The molecule has 1 aromatic rings. The number of nitrogens with one attached hydrogen (secondary N) is 2. The van der Waals surface area contributed by atoms with Crippen molar-refractivity contribution in [3.8, 4) is 0 Å². The van der Waals surface area contributed by atoms with E-state index < -0.39 is 0 Å². The van der Waals surface area contributed by atoms with Gasteiger partial charge < -0.3 is 21.3 Å². The minimum absolute atomic E-state index is 0.0694. The van der Waals surface area contributed by atoms with Crippen molar-refractivity contribution in [2.75, 3.05) is 32.7 Å². The largest absolute Gasteiger partial charge is 0.369 e. The van der Waals surface area contributed by atoms with Gasteiger partial charge in [0.2, 0.25) is 5.91 Å². The van der Waals surface area contributed by atoms with Gasteiger partial charge in [0.25, 0.3) is 0 Å². The van der Waals surface area contributed by atoms with Crippen LogP contribution < -0.4 is 16.4 Å². The molecule has 6 nitrogen and oxygen atoms in total. The Morgan fingerprint density at radius 1 is 1.26 bits per heavy atom. The van der Waals surface area contributed by atoms with Gasteiger partial charge in [0, 0.05) is 24.0 Å². The summed E-state index contributed by atoms with van der Waals surface area (Å²) in [5, 5.41) is 7.40. The zero-order chi connectivity index (χ0) is 19.5.